The lowest BCUT2D eigenvalue weighted by Gasteiger charge is -2.56. The molecule has 0 aromatic rings. The van der Waals surface area contributed by atoms with E-state index in [1.54, 1.807) is 0 Å². The molecule has 28 heavy (non-hydrogen) atoms. The Morgan fingerprint density at radius 3 is 2.39 bits per heavy atom. The van der Waals surface area contributed by atoms with Crippen LogP contribution in [0.15, 0.2) is 11.1 Å². The number of allylic oxidation sites excluding steroid dienone is 2. The molecule has 3 fully saturated rings. The molecule has 4 aliphatic carbocycles. The number of hydrogen-bond acceptors (Lipinski definition) is 0. The van der Waals surface area contributed by atoms with Crippen molar-refractivity contribution in [3.05, 3.63) is 11.1 Å². The topological polar surface area (TPSA) is 0 Å². The predicted octanol–water partition coefficient (Wildman–Crippen LogP) is 8.81. The van der Waals surface area contributed by atoms with Crippen LogP contribution in [0.1, 0.15) is 119 Å². The minimum Gasteiger partial charge on any atom is -0.0668 e. The van der Waals surface area contributed by atoms with Crippen molar-refractivity contribution in [1.29, 1.82) is 0 Å². The Bertz CT molecular complexity index is 597. The van der Waals surface area contributed by atoms with Gasteiger partial charge in [-0.2, -0.15) is 0 Å². The van der Waals surface area contributed by atoms with Crippen LogP contribution in [0.4, 0.5) is 0 Å². The van der Waals surface area contributed by atoms with Crippen molar-refractivity contribution in [3.63, 3.8) is 0 Å². The van der Waals surface area contributed by atoms with Gasteiger partial charge < -0.3 is 0 Å². The molecule has 3 saturated carbocycles. The Morgan fingerprint density at radius 2 is 1.64 bits per heavy atom. The molecule has 0 heteroatoms. The Labute approximate surface area is 176 Å². The first-order valence-corrected chi connectivity index (χ1v) is 13.0. The van der Waals surface area contributed by atoms with E-state index in [0.717, 1.165) is 35.5 Å². The van der Waals surface area contributed by atoms with Gasteiger partial charge in [0.25, 0.3) is 0 Å². The number of fused-ring (bicyclic) bond motifs is 4. The first-order valence-electron chi connectivity index (χ1n) is 13.0. The van der Waals surface area contributed by atoms with Crippen LogP contribution in [-0.4, -0.2) is 0 Å². The highest BCUT2D eigenvalue weighted by Gasteiger charge is 2.54. The van der Waals surface area contributed by atoms with Gasteiger partial charge in [0.05, 0.1) is 0 Å². The van der Waals surface area contributed by atoms with E-state index in [2.05, 4.69) is 41.5 Å². The van der Waals surface area contributed by atoms with Crippen LogP contribution >= 0.6 is 0 Å². The summed E-state index contributed by atoms with van der Waals surface area (Å²) in [5.41, 5.74) is 5.18. The normalized spacial score (nSPS) is 42.8. The first kappa shape index (κ1) is 21.0. The lowest BCUT2D eigenvalue weighted by atomic mass is 9.49. The fourth-order valence-electron chi connectivity index (χ4n) is 8.54. The SMILES string of the molecule is CC(C)[C@@H](C)CC[C@@H](C)[C@H]1CCC2=C3CC[C@H]4CCCC[C@]4(C)[C@H]3CC[C@@]21C. The third-order valence-corrected chi connectivity index (χ3v) is 10.9. The molecule has 0 spiro atoms. The summed E-state index contributed by atoms with van der Waals surface area (Å²) in [5.74, 6) is 5.56. The summed E-state index contributed by atoms with van der Waals surface area (Å²) in [6.45, 7) is 15.3. The van der Waals surface area contributed by atoms with Gasteiger partial charge >= 0.3 is 0 Å². The van der Waals surface area contributed by atoms with Gasteiger partial charge in [-0.05, 0) is 97.7 Å². The summed E-state index contributed by atoms with van der Waals surface area (Å²) >= 11 is 0. The zero-order valence-corrected chi connectivity index (χ0v) is 19.9. The Morgan fingerprint density at radius 1 is 0.857 bits per heavy atom. The van der Waals surface area contributed by atoms with Crippen LogP contribution in [0, 0.1) is 46.3 Å². The summed E-state index contributed by atoms with van der Waals surface area (Å²) in [7, 11) is 0. The Balaban J connectivity index is 1.53. The molecule has 0 radical (unpaired) electrons. The van der Waals surface area contributed by atoms with Crippen LogP contribution in [0.2, 0.25) is 0 Å². The molecular weight excluding hydrogens is 336 g/mol. The molecule has 160 valence electrons. The van der Waals surface area contributed by atoms with Crippen LogP contribution in [0.5, 0.6) is 0 Å². The van der Waals surface area contributed by atoms with Gasteiger partial charge in [0.1, 0.15) is 0 Å². The van der Waals surface area contributed by atoms with Crippen LogP contribution in [0.3, 0.4) is 0 Å². The van der Waals surface area contributed by atoms with Crippen molar-refractivity contribution in [3.8, 4) is 0 Å². The van der Waals surface area contributed by atoms with Gasteiger partial charge in [-0.3, -0.25) is 0 Å². The van der Waals surface area contributed by atoms with E-state index in [1.807, 2.05) is 11.1 Å². The quantitative estimate of drug-likeness (QED) is 0.415. The van der Waals surface area contributed by atoms with E-state index in [1.165, 1.54) is 77.0 Å². The van der Waals surface area contributed by atoms with Crippen molar-refractivity contribution in [1.82, 2.24) is 0 Å². The maximum atomic E-state index is 2.70. The fraction of sp³-hybridized carbons (Fsp3) is 0.929. The van der Waals surface area contributed by atoms with Gasteiger partial charge in [0, 0.05) is 0 Å². The van der Waals surface area contributed by atoms with Crippen molar-refractivity contribution in [2.45, 2.75) is 119 Å². The lowest BCUT2D eigenvalue weighted by Crippen LogP contribution is -2.46. The highest BCUT2D eigenvalue weighted by molar-refractivity contribution is 5.34. The Hall–Kier alpha value is -0.260. The van der Waals surface area contributed by atoms with Crippen molar-refractivity contribution in [2.75, 3.05) is 0 Å². The molecule has 0 saturated heterocycles. The molecule has 0 nitrogen and oxygen atoms in total. The van der Waals surface area contributed by atoms with Crippen LogP contribution < -0.4 is 0 Å². The van der Waals surface area contributed by atoms with Crippen molar-refractivity contribution >= 4 is 0 Å². The maximum absolute atomic E-state index is 2.70. The Kier molecular flexibility index (Phi) is 5.83. The van der Waals surface area contributed by atoms with E-state index in [4.69, 9.17) is 0 Å². The third-order valence-electron chi connectivity index (χ3n) is 10.9. The van der Waals surface area contributed by atoms with Gasteiger partial charge in [-0.25, -0.2) is 0 Å². The molecule has 4 aliphatic rings. The molecule has 0 heterocycles. The first-order chi connectivity index (χ1) is 13.3. The maximum Gasteiger partial charge on any atom is -0.00825 e. The smallest absolute Gasteiger partial charge is 0.00825 e. The molecule has 0 N–H and O–H groups in total. The molecular formula is C28H48. The van der Waals surface area contributed by atoms with Crippen molar-refractivity contribution < 1.29 is 0 Å². The highest BCUT2D eigenvalue weighted by atomic mass is 14.6. The molecule has 0 aromatic heterocycles. The summed E-state index contributed by atoms with van der Waals surface area (Å²) in [4.78, 5) is 0. The largest absolute Gasteiger partial charge is 0.0668 e. The van der Waals surface area contributed by atoms with Crippen molar-refractivity contribution in [2.24, 2.45) is 46.3 Å². The third kappa shape index (κ3) is 3.33. The number of hydrogen-bond donors (Lipinski definition) is 0. The average Bonchev–Trinajstić information content (AvgIpc) is 3.02. The molecule has 0 unspecified atom stereocenters. The zero-order valence-electron chi connectivity index (χ0n) is 19.9. The van der Waals surface area contributed by atoms with E-state index in [-0.39, 0.29) is 0 Å². The van der Waals surface area contributed by atoms with E-state index >= 15 is 0 Å². The molecule has 0 aromatic carbocycles. The van der Waals surface area contributed by atoms with E-state index in [0.29, 0.717) is 10.8 Å². The fourth-order valence-corrected chi connectivity index (χ4v) is 8.54. The standard InChI is InChI=1S/C28H48/c1-19(2)20(3)10-11-21(4)24-14-15-25-23-13-12-22-9-7-8-17-27(22,5)26(23)16-18-28(24,25)6/h19-22,24,26H,7-18H2,1-6H3/t20-,21+,22+,24+,26-,27-,28+/m0/s1. The minimum atomic E-state index is 0.546. The second-order valence-electron chi connectivity index (χ2n) is 12.4. The monoisotopic (exact) mass is 384 g/mol. The van der Waals surface area contributed by atoms with Gasteiger partial charge in [0.15, 0.2) is 0 Å². The predicted molar refractivity (Wildman–Crippen MR) is 122 cm³/mol. The van der Waals surface area contributed by atoms with E-state index in [9.17, 15) is 0 Å². The summed E-state index contributed by atoms with van der Waals surface area (Å²) in [6.07, 6.45) is 17.8. The van der Waals surface area contributed by atoms with Gasteiger partial charge in [0.2, 0.25) is 0 Å². The molecule has 4 rings (SSSR count). The van der Waals surface area contributed by atoms with Crippen LogP contribution in [0.25, 0.3) is 0 Å². The zero-order chi connectivity index (χ0) is 20.1. The summed E-state index contributed by atoms with van der Waals surface area (Å²) in [6, 6.07) is 0. The second kappa shape index (κ2) is 7.77. The molecule has 0 bridgehead atoms. The average molecular weight is 385 g/mol. The van der Waals surface area contributed by atoms with Gasteiger partial charge in [-0.15, -0.1) is 0 Å². The second-order valence-corrected chi connectivity index (χ2v) is 12.4. The summed E-state index contributed by atoms with van der Waals surface area (Å²) in [5, 5.41) is 0. The molecule has 0 aliphatic heterocycles. The summed E-state index contributed by atoms with van der Waals surface area (Å²) < 4.78 is 0. The lowest BCUT2D eigenvalue weighted by molar-refractivity contribution is 0.00922. The van der Waals surface area contributed by atoms with E-state index < -0.39 is 0 Å². The molecule has 7 atom stereocenters. The van der Waals surface area contributed by atoms with Gasteiger partial charge in [-0.1, -0.05) is 78.4 Å². The van der Waals surface area contributed by atoms with Crippen LogP contribution in [-0.2, 0) is 0 Å². The minimum absolute atomic E-state index is 0.546. The number of rotatable bonds is 5. The molecule has 0 amide bonds. The highest BCUT2D eigenvalue weighted by Crippen LogP contribution is 2.65.